The Balaban J connectivity index is 1.81. The van der Waals surface area contributed by atoms with E-state index in [-0.39, 0.29) is 23.8 Å². The topological polar surface area (TPSA) is 111 Å². The number of sulfonamides is 1. The molecule has 1 atom stereocenters. The molecule has 13 heteroatoms. The number of aromatic nitrogens is 2. The van der Waals surface area contributed by atoms with Gasteiger partial charge in [0.1, 0.15) is 12.4 Å². The SMILES string of the molecule is CCn1c(COC(=O)C[C@@](C)(O)C(F)(F)F)nc2cc(S(=O)(=O)N3CCOCC3)ccc21. The molecule has 1 aromatic carbocycles. The summed E-state index contributed by atoms with van der Waals surface area (Å²) in [6.07, 6.45) is -6.24. The maximum atomic E-state index is 12.9. The van der Waals surface area contributed by atoms with E-state index < -0.39 is 40.8 Å². The molecule has 32 heavy (non-hydrogen) atoms. The van der Waals surface area contributed by atoms with Gasteiger partial charge in [-0.2, -0.15) is 17.5 Å². The third-order valence-corrected chi connectivity index (χ3v) is 7.08. The molecule has 0 aliphatic carbocycles. The van der Waals surface area contributed by atoms with Crippen LogP contribution in [0.15, 0.2) is 23.1 Å². The largest absolute Gasteiger partial charge is 0.457 e. The van der Waals surface area contributed by atoms with Gasteiger partial charge >= 0.3 is 12.1 Å². The van der Waals surface area contributed by atoms with Gasteiger partial charge in [-0.05, 0) is 32.0 Å². The van der Waals surface area contributed by atoms with Gasteiger partial charge in [0.15, 0.2) is 5.60 Å². The van der Waals surface area contributed by atoms with Gasteiger partial charge in [-0.25, -0.2) is 13.4 Å². The molecule has 1 aromatic heterocycles. The predicted octanol–water partition coefficient (Wildman–Crippen LogP) is 1.82. The zero-order valence-electron chi connectivity index (χ0n) is 17.6. The number of morpholine rings is 1. The second-order valence-electron chi connectivity index (χ2n) is 7.55. The van der Waals surface area contributed by atoms with Crippen LogP contribution in [0.5, 0.6) is 0 Å². The Morgan fingerprint density at radius 2 is 1.94 bits per heavy atom. The normalized spacial score (nSPS) is 17.9. The van der Waals surface area contributed by atoms with E-state index in [1.165, 1.54) is 16.4 Å². The fourth-order valence-electron chi connectivity index (χ4n) is 3.30. The number of halogens is 3. The van der Waals surface area contributed by atoms with Crippen molar-refractivity contribution < 1.29 is 41.0 Å². The van der Waals surface area contributed by atoms with Crippen LogP contribution >= 0.6 is 0 Å². The molecular formula is C19H24F3N3O6S. The highest BCUT2D eigenvalue weighted by Gasteiger charge is 2.51. The van der Waals surface area contributed by atoms with Crippen molar-refractivity contribution in [2.45, 2.75) is 50.1 Å². The fraction of sp³-hybridized carbons (Fsp3) is 0.579. The van der Waals surface area contributed by atoms with Crippen LogP contribution in [0.25, 0.3) is 11.0 Å². The summed E-state index contributed by atoms with van der Waals surface area (Å²) in [4.78, 5) is 16.2. The number of carbonyl (C=O) groups excluding carboxylic acids is 1. The highest BCUT2D eigenvalue weighted by atomic mass is 32.2. The molecule has 0 saturated carbocycles. The number of benzene rings is 1. The van der Waals surface area contributed by atoms with Gasteiger partial charge in [0.05, 0.1) is 35.6 Å². The maximum Gasteiger partial charge on any atom is 0.417 e. The molecule has 178 valence electrons. The van der Waals surface area contributed by atoms with E-state index >= 15 is 0 Å². The summed E-state index contributed by atoms with van der Waals surface area (Å²) in [6, 6.07) is 4.45. The summed E-state index contributed by atoms with van der Waals surface area (Å²) < 4.78 is 77.1. The molecule has 1 saturated heterocycles. The van der Waals surface area contributed by atoms with E-state index in [0.717, 1.165) is 0 Å². The fourth-order valence-corrected chi connectivity index (χ4v) is 4.72. The molecule has 0 spiro atoms. The molecule has 2 aromatic rings. The lowest BCUT2D eigenvalue weighted by Gasteiger charge is -2.26. The van der Waals surface area contributed by atoms with E-state index in [1.807, 2.05) is 0 Å². The first-order valence-electron chi connectivity index (χ1n) is 9.88. The van der Waals surface area contributed by atoms with Crippen LogP contribution in [0.1, 0.15) is 26.1 Å². The number of rotatable bonds is 7. The summed E-state index contributed by atoms with van der Waals surface area (Å²) in [6.45, 7) is 3.36. The molecule has 1 aliphatic rings. The average molecular weight is 479 g/mol. The third-order valence-electron chi connectivity index (χ3n) is 5.18. The number of fused-ring (bicyclic) bond motifs is 1. The number of hydrogen-bond acceptors (Lipinski definition) is 7. The lowest BCUT2D eigenvalue weighted by molar-refractivity contribution is -0.256. The Morgan fingerprint density at radius 1 is 1.28 bits per heavy atom. The van der Waals surface area contributed by atoms with Crippen molar-refractivity contribution in [3.05, 3.63) is 24.0 Å². The molecule has 9 nitrogen and oxygen atoms in total. The van der Waals surface area contributed by atoms with Gasteiger partial charge in [0, 0.05) is 19.6 Å². The maximum absolute atomic E-state index is 12.9. The van der Waals surface area contributed by atoms with Crippen molar-refractivity contribution in [2.75, 3.05) is 26.3 Å². The Morgan fingerprint density at radius 3 is 2.53 bits per heavy atom. The molecule has 1 fully saturated rings. The van der Waals surface area contributed by atoms with Crippen LogP contribution in [0, 0.1) is 0 Å². The monoisotopic (exact) mass is 479 g/mol. The van der Waals surface area contributed by atoms with Crippen molar-refractivity contribution in [3.63, 3.8) is 0 Å². The molecule has 0 unspecified atom stereocenters. The van der Waals surface area contributed by atoms with E-state index in [9.17, 15) is 31.5 Å². The van der Waals surface area contributed by atoms with Gasteiger partial charge < -0.3 is 19.1 Å². The van der Waals surface area contributed by atoms with Crippen molar-refractivity contribution in [1.29, 1.82) is 0 Å². The van der Waals surface area contributed by atoms with Crippen molar-refractivity contribution >= 4 is 27.0 Å². The second-order valence-corrected chi connectivity index (χ2v) is 9.49. The summed E-state index contributed by atoms with van der Waals surface area (Å²) in [7, 11) is -3.74. The standard InChI is InChI=1S/C19H24F3N3O6S/c1-3-25-15-5-4-13(32(28,29)24-6-8-30-9-7-24)10-14(15)23-16(25)12-31-17(26)11-18(2,27)19(20,21)22/h4-5,10,27H,3,6-9,11-12H2,1-2H3/t18-/m1/s1. The Bertz CT molecular complexity index is 1090. The third kappa shape index (κ3) is 4.90. The first-order valence-corrected chi connectivity index (χ1v) is 11.3. The summed E-state index contributed by atoms with van der Waals surface area (Å²) in [5.41, 5.74) is -2.28. The van der Waals surface area contributed by atoms with Crippen LogP contribution in [0.2, 0.25) is 0 Å². The van der Waals surface area contributed by atoms with E-state index in [0.29, 0.717) is 37.7 Å². The minimum atomic E-state index is -4.98. The number of aliphatic hydroxyl groups is 1. The van der Waals surface area contributed by atoms with Gasteiger partial charge in [-0.1, -0.05) is 0 Å². The van der Waals surface area contributed by atoms with Crippen LogP contribution in [-0.4, -0.2) is 71.4 Å². The van der Waals surface area contributed by atoms with Crippen molar-refractivity contribution in [1.82, 2.24) is 13.9 Å². The van der Waals surface area contributed by atoms with Gasteiger partial charge in [0.25, 0.3) is 0 Å². The minimum absolute atomic E-state index is 0.0532. The van der Waals surface area contributed by atoms with Crippen molar-refractivity contribution in [3.8, 4) is 0 Å². The molecule has 2 heterocycles. The Hall–Kier alpha value is -2.22. The lowest BCUT2D eigenvalue weighted by atomic mass is 10.0. The first kappa shape index (κ1) is 24.4. The summed E-state index contributed by atoms with van der Waals surface area (Å²) in [5, 5.41) is 9.43. The Kier molecular flexibility index (Phi) is 6.84. The predicted molar refractivity (Wildman–Crippen MR) is 106 cm³/mol. The number of hydrogen-bond donors (Lipinski definition) is 1. The molecule has 0 amide bonds. The number of imidazole rings is 1. The number of nitrogens with zero attached hydrogens (tertiary/aromatic N) is 3. The number of esters is 1. The second kappa shape index (κ2) is 8.96. The van der Waals surface area contributed by atoms with E-state index in [4.69, 9.17) is 9.47 Å². The van der Waals surface area contributed by atoms with Gasteiger partial charge in [0.2, 0.25) is 10.0 Å². The van der Waals surface area contributed by atoms with Crippen molar-refractivity contribution in [2.24, 2.45) is 0 Å². The van der Waals surface area contributed by atoms with Crippen LogP contribution in [0.3, 0.4) is 0 Å². The quantitative estimate of drug-likeness (QED) is 0.603. The number of ether oxygens (including phenoxy) is 2. The summed E-state index contributed by atoms with van der Waals surface area (Å²) in [5.74, 6) is -0.999. The number of alkyl halides is 3. The molecule has 0 bridgehead atoms. The number of aryl methyl sites for hydroxylation is 1. The molecule has 0 radical (unpaired) electrons. The summed E-state index contributed by atoms with van der Waals surface area (Å²) >= 11 is 0. The van der Waals surface area contributed by atoms with E-state index in [2.05, 4.69) is 4.98 Å². The highest BCUT2D eigenvalue weighted by molar-refractivity contribution is 7.89. The molecule has 3 rings (SSSR count). The zero-order chi connectivity index (χ0) is 23.7. The first-order chi connectivity index (χ1) is 14.9. The minimum Gasteiger partial charge on any atom is -0.457 e. The smallest absolute Gasteiger partial charge is 0.417 e. The van der Waals surface area contributed by atoms with Gasteiger partial charge in [-0.3, -0.25) is 4.79 Å². The van der Waals surface area contributed by atoms with E-state index in [1.54, 1.807) is 17.6 Å². The average Bonchev–Trinajstić information content (AvgIpc) is 3.08. The number of carbonyl (C=O) groups is 1. The van der Waals surface area contributed by atoms with Crippen LogP contribution in [0.4, 0.5) is 13.2 Å². The highest BCUT2D eigenvalue weighted by Crippen LogP contribution is 2.33. The van der Waals surface area contributed by atoms with Gasteiger partial charge in [-0.15, -0.1) is 0 Å². The molecule has 1 N–H and O–H groups in total. The van der Waals surface area contributed by atoms with Crippen LogP contribution < -0.4 is 0 Å². The Labute approximate surface area is 182 Å². The lowest BCUT2D eigenvalue weighted by Crippen LogP contribution is -2.44. The molecule has 1 aliphatic heterocycles. The zero-order valence-corrected chi connectivity index (χ0v) is 18.4. The van der Waals surface area contributed by atoms with Crippen LogP contribution in [-0.2, 0) is 37.4 Å². The molecular weight excluding hydrogens is 455 g/mol.